The smallest absolute Gasteiger partial charge is 0.0593 e. The van der Waals surface area contributed by atoms with Gasteiger partial charge in [-0.25, -0.2) is 0 Å². The van der Waals surface area contributed by atoms with Crippen LogP contribution in [0.15, 0.2) is 12.1 Å². The van der Waals surface area contributed by atoms with Gasteiger partial charge in [-0.05, 0) is 45.0 Å². The Bertz CT molecular complexity index is 349. The minimum absolute atomic E-state index is 0.863. The fourth-order valence-electron chi connectivity index (χ4n) is 1.88. The summed E-state index contributed by atoms with van der Waals surface area (Å²) < 4.78 is 5.66. The number of likely N-dealkylation sites (N-methyl/N-ethyl adjacent to an activating group) is 1. The van der Waals surface area contributed by atoms with Crippen LogP contribution in [0, 0.1) is 5.92 Å². The molecule has 1 aromatic heterocycles. The Labute approximate surface area is 114 Å². The molecule has 0 aromatic carbocycles. The second-order valence-corrected chi connectivity index (χ2v) is 6.41. The standard InChI is InChI=1S/C14H24N2OS/c1-15-9-13-5-6-14(18-13)10-16(2)7-8-17-11-12-3-4-12/h5-6,12,15H,3-4,7-11H2,1-2H3. The summed E-state index contributed by atoms with van der Waals surface area (Å²) in [5, 5.41) is 3.19. The van der Waals surface area contributed by atoms with Crippen LogP contribution in [0.3, 0.4) is 0 Å². The van der Waals surface area contributed by atoms with Crippen molar-refractivity contribution >= 4 is 11.3 Å². The van der Waals surface area contributed by atoms with Gasteiger partial charge in [0.15, 0.2) is 0 Å². The summed E-state index contributed by atoms with van der Waals surface area (Å²) in [7, 11) is 4.15. The number of rotatable bonds is 9. The van der Waals surface area contributed by atoms with E-state index in [0.717, 1.165) is 38.8 Å². The molecule has 1 aliphatic carbocycles. The van der Waals surface area contributed by atoms with Gasteiger partial charge in [0.2, 0.25) is 0 Å². The lowest BCUT2D eigenvalue weighted by molar-refractivity contribution is 0.102. The van der Waals surface area contributed by atoms with E-state index in [9.17, 15) is 0 Å². The largest absolute Gasteiger partial charge is 0.380 e. The zero-order valence-electron chi connectivity index (χ0n) is 11.4. The number of nitrogens with one attached hydrogen (secondary N) is 1. The molecule has 2 rings (SSSR count). The second kappa shape index (κ2) is 7.24. The zero-order valence-corrected chi connectivity index (χ0v) is 12.3. The van der Waals surface area contributed by atoms with E-state index in [1.54, 1.807) is 0 Å². The zero-order chi connectivity index (χ0) is 12.8. The molecule has 3 nitrogen and oxygen atoms in total. The summed E-state index contributed by atoms with van der Waals surface area (Å²) in [6.45, 7) is 4.85. The molecule has 0 unspecified atom stereocenters. The summed E-state index contributed by atoms with van der Waals surface area (Å²) in [6.07, 6.45) is 2.75. The van der Waals surface area contributed by atoms with E-state index in [0.29, 0.717) is 0 Å². The SMILES string of the molecule is CNCc1ccc(CN(C)CCOCC2CC2)s1. The van der Waals surface area contributed by atoms with Crippen LogP contribution in [0.5, 0.6) is 0 Å². The third-order valence-corrected chi connectivity index (χ3v) is 4.23. The fourth-order valence-corrected chi connectivity index (χ4v) is 2.99. The number of ether oxygens (including phenoxy) is 1. The van der Waals surface area contributed by atoms with Gasteiger partial charge in [-0.1, -0.05) is 0 Å². The third kappa shape index (κ3) is 5.06. The van der Waals surface area contributed by atoms with Gasteiger partial charge in [-0.2, -0.15) is 0 Å². The molecule has 102 valence electrons. The topological polar surface area (TPSA) is 24.5 Å². The monoisotopic (exact) mass is 268 g/mol. The summed E-state index contributed by atoms with van der Waals surface area (Å²) in [6, 6.07) is 4.45. The first-order valence-electron chi connectivity index (χ1n) is 6.76. The van der Waals surface area contributed by atoms with E-state index < -0.39 is 0 Å². The first kappa shape index (κ1) is 14.0. The van der Waals surface area contributed by atoms with Gasteiger partial charge in [0.25, 0.3) is 0 Å². The van der Waals surface area contributed by atoms with Gasteiger partial charge in [0, 0.05) is 36.0 Å². The summed E-state index contributed by atoms with van der Waals surface area (Å²) in [5.74, 6) is 0.872. The average Bonchev–Trinajstić information content (AvgIpc) is 3.07. The van der Waals surface area contributed by atoms with Crippen molar-refractivity contribution in [3.8, 4) is 0 Å². The molecule has 1 N–H and O–H groups in total. The van der Waals surface area contributed by atoms with Crippen LogP contribution in [-0.2, 0) is 17.8 Å². The molecule has 0 saturated heterocycles. The van der Waals surface area contributed by atoms with E-state index >= 15 is 0 Å². The van der Waals surface area contributed by atoms with Gasteiger partial charge in [-0.15, -0.1) is 11.3 Å². The summed E-state index contributed by atoms with van der Waals surface area (Å²) in [5.41, 5.74) is 0. The predicted octanol–water partition coefficient (Wildman–Crippen LogP) is 2.33. The van der Waals surface area contributed by atoms with Crippen LogP contribution in [0.4, 0.5) is 0 Å². The van der Waals surface area contributed by atoms with Crippen molar-refractivity contribution in [1.29, 1.82) is 0 Å². The van der Waals surface area contributed by atoms with Crippen molar-refractivity contribution in [1.82, 2.24) is 10.2 Å². The Hall–Kier alpha value is -0.420. The Morgan fingerprint density at radius 2 is 2.17 bits per heavy atom. The molecule has 0 aliphatic heterocycles. The Balaban J connectivity index is 1.60. The van der Waals surface area contributed by atoms with Crippen LogP contribution in [0.2, 0.25) is 0 Å². The molecule has 0 amide bonds. The highest BCUT2D eigenvalue weighted by Gasteiger charge is 2.20. The van der Waals surface area contributed by atoms with E-state index in [-0.39, 0.29) is 0 Å². The molecule has 1 aromatic rings. The van der Waals surface area contributed by atoms with Crippen LogP contribution in [0.1, 0.15) is 22.6 Å². The number of hydrogen-bond acceptors (Lipinski definition) is 4. The molecular weight excluding hydrogens is 244 g/mol. The van der Waals surface area contributed by atoms with Crippen molar-refractivity contribution in [2.24, 2.45) is 5.92 Å². The minimum Gasteiger partial charge on any atom is -0.380 e. The molecule has 1 aliphatic rings. The van der Waals surface area contributed by atoms with Crippen LogP contribution in [0.25, 0.3) is 0 Å². The van der Waals surface area contributed by atoms with Crippen LogP contribution >= 0.6 is 11.3 Å². The average molecular weight is 268 g/mol. The molecule has 18 heavy (non-hydrogen) atoms. The molecule has 1 saturated carbocycles. The predicted molar refractivity (Wildman–Crippen MR) is 77.0 cm³/mol. The highest BCUT2D eigenvalue weighted by molar-refractivity contribution is 7.11. The quantitative estimate of drug-likeness (QED) is 0.696. The van der Waals surface area contributed by atoms with Crippen molar-refractivity contribution < 1.29 is 4.74 Å². The normalized spacial score (nSPS) is 15.5. The maximum atomic E-state index is 5.66. The van der Waals surface area contributed by atoms with Gasteiger partial charge >= 0.3 is 0 Å². The molecule has 0 bridgehead atoms. The molecule has 0 spiro atoms. The maximum absolute atomic E-state index is 5.66. The number of hydrogen-bond donors (Lipinski definition) is 1. The summed E-state index contributed by atoms with van der Waals surface area (Å²) >= 11 is 1.89. The number of thiophene rings is 1. The van der Waals surface area contributed by atoms with E-state index in [1.807, 2.05) is 18.4 Å². The first-order chi connectivity index (χ1) is 8.78. The first-order valence-corrected chi connectivity index (χ1v) is 7.58. The molecule has 4 heteroatoms. The summed E-state index contributed by atoms with van der Waals surface area (Å²) in [4.78, 5) is 5.18. The Morgan fingerprint density at radius 1 is 1.39 bits per heavy atom. The van der Waals surface area contributed by atoms with Crippen LogP contribution in [-0.4, -0.2) is 38.8 Å². The molecule has 1 fully saturated rings. The minimum atomic E-state index is 0.863. The fraction of sp³-hybridized carbons (Fsp3) is 0.714. The lowest BCUT2D eigenvalue weighted by Gasteiger charge is -2.15. The lowest BCUT2D eigenvalue weighted by atomic mass is 10.4. The Morgan fingerprint density at radius 3 is 2.89 bits per heavy atom. The van der Waals surface area contributed by atoms with E-state index in [1.165, 1.54) is 22.6 Å². The highest BCUT2D eigenvalue weighted by atomic mass is 32.1. The molecular formula is C14H24N2OS. The lowest BCUT2D eigenvalue weighted by Crippen LogP contribution is -2.22. The second-order valence-electron chi connectivity index (χ2n) is 5.15. The molecule has 0 radical (unpaired) electrons. The van der Waals surface area contributed by atoms with Crippen molar-refractivity contribution in [2.75, 3.05) is 33.9 Å². The van der Waals surface area contributed by atoms with Gasteiger partial charge in [0.1, 0.15) is 0 Å². The van der Waals surface area contributed by atoms with Gasteiger partial charge in [-0.3, -0.25) is 4.90 Å². The van der Waals surface area contributed by atoms with Gasteiger partial charge < -0.3 is 10.1 Å². The van der Waals surface area contributed by atoms with Gasteiger partial charge in [0.05, 0.1) is 6.61 Å². The van der Waals surface area contributed by atoms with Crippen LogP contribution < -0.4 is 5.32 Å². The van der Waals surface area contributed by atoms with Crippen molar-refractivity contribution in [3.63, 3.8) is 0 Å². The van der Waals surface area contributed by atoms with Crippen molar-refractivity contribution in [3.05, 3.63) is 21.9 Å². The van der Waals surface area contributed by atoms with E-state index in [2.05, 4.69) is 29.4 Å². The Kier molecular flexibility index (Phi) is 5.63. The molecule has 1 heterocycles. The molecule has 0 atom stereocenters. The number of nitrogens with zero attached hydrogens (tertiary/aromatic N) is 1. The van der Waals surface area contributed by atoms with E-state index in [4.69, 9.17) is 4.74 Å². The van der Waals surface area contributed by atoms with Crippen molar-refractivity contribution in [2.45, 2.75) is 25.9 Å². The maximum Gasteiger partial charge on any atom is 0.0593 e. The highest BCUT2D eigenvalue weighted by Crippen LogP contribution is 2.28. The third-order valence-electron chi connectivity index (χ3n) is 3.16.